The zero-order valence-corrected chi connectivity index (χ0v) is 35.0. The normalized spacial score (nSPS) is 14.2. The average Bonchev–Trinajstić information content (AvgIpc) is 4.00. The Hall–Kier alpha value is -8.20. The summed E-state index contributed by atoms with van der Waals surface area (Å²) >= 11 is 0. The summed E-state index contributed by atoms with van der Waals surface area (Å²) in [6, 6.07) is 88.8. The van der Waals surface area contributed by atoms with Gasteiger partial charge < -0.3 is 9.32 Å². The topological polar surface area (TPSA) is 16.4 Å². The molecule has 0 amide bonds. The van der Waals surface area contributed by atoms with E-state index >= 15 is 0 Å². The number of nitrogens with zero attached hydrogens (tertiary/aromatic N) is 1. The summed E-state index contributed by atoms with van der Waals surface area (Å²) < 4.78 is 6.89. The van der Waals surface area contributed by atoms with Crippen molar-refractivity contribution in [3.63, 3.8) is 0 Å². The molecule has 0 radical (unpaired) electrons. The Balaban J connectivity index is 1.01. The number of furan rings is 1. The van der Waals surface area contributed by atoms with Gasteiger partial charge in [0.05, 0.1) is 5.41 Å². The van der Waals surface area contributed by atoms with Crippen molar-refractivity contribution in [3.8, 4) is 33.4 Å². The van der Waals surface area contributed by atoms with E-state index in [-0.39, 0.29) is 5.92 Å². The van der Waals surface area contributed by atoms with Crippen LogP contribution < -0.4 is 4.90 Å². The lowest BCUT2D eigenvalue weighted by molar-refractivity contribution is 0.666. The van der Waals surface area contributed by atoms with E-state index in [1.54, 1.807) is 0 Å². The van der Waals surface area contributed by atoms with E-state index in [1.807, 2.05) is 0 Å². The Labute approximate surface area is 373 Å². The van der Waals surface area contributed by atoms with Gasteiger partial charge in [-0.05, 0) is 127 Å². The molecular weight excluding hydrogens is 775 g/mol. The van der Waals surface area contributed by atoms with Crippen LogP contribution in [0.4, 0.5) is 17.1 Å². The minimum absolute atomic E-state index is 0.138. The molecule has 0 saturated heterocycles. The van der Waals surface area contributed by atoms with Gasteiger partial charge in [-0.2, -0.15) is 0 Å². The van der Waals surface area contributed by atoms with E-state index in [4.69, 9.17) is 4.42 Å². The standard InChI is InChI=1S/C62H41NO/c1-5-17-41(18-6-1)42-29-31-46(32-30-42)63(47-33-35-50-49-25-13-14-27-52(49)61(56(50)38-47)43-19-7-2-8-20-43)48-34-36-59-54(37-48)55-39-53-51-26-15-16-28-57(51)62(44-21-9-3-10-22-44,45-23-11-4-12-24-45)58(53)40-60(55)64-59/h1-40,61H. The van der Waals surface area contributed by atoms with Gasteiger partial charge >= 0.3 is 0 Å². The van der Waals surface area contributed by atoms with Gasteiger partial charge in [-0.3, -0.25) is 0 Å². The summed E-state index contributed by atoms with van der Waals surface area (Å²) in [5.74, 6) is 0.138. The summed E-state index contributed by atoms with van der Waals surface area (Å²) in [7, 11) is 0. The highest BCUT2D eigenvalue weighted by Gasteiger charge is 2.46. The highest BCUT2D eigenvalue weighted by Crippen LogP contribution is 2.58. The maximum absolute atomic E-state index is 6.89. The SMILES string of the molecule is c1ccc(-c2ccc(N(c3ccc4c(c3)C(c3ccccc3)c3ccccc3-4)c3ccc4oc5cc6c(cc5c4c3)-c3ccccc3C6(c3ccccc3)c3ccccc3)cc2)cc1. The van der Waals surface area contributed by atoms with Gasteiger partial charge in [0.25, 0.3) is 0 Å². The molecule has 1 heterocycles. The first kappa shape index (κ1) is 36.5. The largest absolute Gasteiger partial charge is 0.456 e. The fourth-order valence-corrected chi connectivity index (χ4v) is 11.1. The Morgan fingerprint density at radius 2 is 0.891 bits per heavy atom. The third kappa shape index (κ3) is 5.46. The lowest BCUT2D eigenvalue weighted by Crippen LogP contribution is -2.28. The Morgan fingerprint density at radius 3 is 1.62 bits per heavy atom. The van der Waals surface area contributed by atoms with E-state index in [0.717, 1.165) is 39.0 Å². The van der Waals surface area contributed by atoms with Gasteiger partial charge in [-0.15, -0.1) is 0 Å². The van der Waals surface area contributed by atoms with Gasteiger partial charge in [-0.25, -0.2) is 0 Å². The lowest BCUT2D eigenvalue weighted by Gasteiger charge is -2.33. The summed E-state index contributed by atoms with van der Waals surface area (Å²) in [6.07, 6.45) is 0. The van der Waals surface area contributed by atoms with E-state index in [0.29, 0.717) is 0 Å². The van der Waals surface area contributed by atoms with Crippen LogP contribution >= 0.6 is 0 Å². The second kappa shape index (κ2) is 14.4. The highest BCUT2D eigenvalue weighted by atomic mass is 16.3. The molecule has 11 aromatic rings. The van der Waals surface area contributed by atoms with Gasteiger partial charge in [0.2, 0.25) is 0 Å². The van der Waals surface area contributed by atoms with Crippen molar-refractivity contribution in [1.29, 1.82) is 0 Å². The fraction of sp³-hybridized carbons (Fsp3) is 0.0323. The number of hydrogen-bond donors (Lipinski definition) is 0. The van der Waals surface area contributed by atoms with Crippen LogP contribution in [-0.2, 0) is 5.41 Å². The number of hydrogen-bond acceptors (Lipinski definition) is 2. The molecule has 10 aromatic carbocycles. The molecule has 0 fully saturated rings. The smallest absolute Gasteiger partial charge is 0.135 e. The monoisotopic (exact) mass is 815 g/mol. The Kier molecular flexibility index (Phi) is 8.23. The van der Waals surface area contributed by atoms with Crippen LogP contribution in [0.15, 0.2) is 247 Å². The zero-order chi connectivity index (χ0) is 42.2. The molecule has 0 bridgehead atoms. The second-order valence-corrected chi connectivity index (χ2v) is 17.2. The highest BCUT2D eigenvalue weighted by molar-refractivity contribution is 6.09. The molecule has 1 aromatic heterocycles. The van der Waals surface area contributed by atoms with E-state index in [1.165, 1.54) is 72.3 Å². The summed E-state index contributed by atoms with van der Waals surface area (Å²) in [4.78, 5) is 2.41. The van der Waals surface area contributed by atoms with E-state index in [9.17, 15) is 0 Å². The first-order valence-corrected chi connectivity index (χ1v) is 22.2. The van der Waals surface area contributed by atoms with E-state index in [2.05, 4.69) is 248 Å². The number of fused-ring (bicyclic) bond motifs is 9. The molecule has 13 rings (SSSR count). The molecular formula is C62H41NO. The van der Waals surface area contributed by atoms with Crippen molar-refractivity contribution in [3.05, 3.63) is 282 Å². The maximum Gasteiger partial charge on any atom is 0.135 e. The van der Waals surface area contributed by atoms with E-state index < -0.39 is 5.41 Å². The molecule has 0 spiro atoms. The lowest BCUT2D eigenvalue weighted by atomic mass is 9.67. The average molecular weight is 816 g/mol. The van der Waals surface area contributed by atoms with Gasteiger partial charge in [0.1, 0.15) is 11.2 Å². The second-order valence-electron chi connectivity index (χ2n) is 17.2. The van der Waals surface area contributed by atoms with Crippen LogP contribution in [0.2, 0.25) is 0 Å². The zero-order valence-electron chi connectivity index (χ0n) is 35.0. The molecule has 300 valence electrons. The molecule has 2 nitrogen and oxygen atoms in total. The molecule has 2 aliphatic carbocycles. The number of rotatable bonds is 7. The molecule has 0 aliphatic heterocycles. The van der Waals surface area contributed by atoms with Gasteiger partial charge in [0, 0.05) is 33.8 Å². The molecule has 0 saturated carbocycles. The molecule has 0 N–H and O–H groups in total. The maximum atomic E-state index is 6.89. The minimum atomic E-state index is -0.500. The predicted octanol–water partition coefficient (Wildman–Crippen LogP) is 16.2. The van der Waals surface area contributed by atoms with Crippen molar-refractivity contribution < 1.29 is 4.42 Å². The van der Waals surface area contributed by atoms with Crippen molar-refractivity contribution in [2.24, 2.45) is 0 Å². The third-order valence-corrected chi connectivity index (χ3v) is 13.8. The number of benzene rings is 10. The quantitative estimate of drug-likeness (QED) is 0.159. The van der Waals surface area contributed by atoms with Crippen molar-refractivity contribution in [2.45, 2.75) is 11.3 Å². The first-order chi connectivity index (χ1) is 31.7. The Bertz CT molecular complexity index is 3500. The van der Waals surface area contributed by atoms with Crippen LogP contribution in [0.25, 0.3) is 55.3 Å². The van der Waals surface area contributed by atoms with Crippen LogP contribution in [-0.4, -0.2) is 0 Å². The molecule has 2 heteroatoms. The summed E-state index contributed by atoms with van der Waals surface area (Å²) in [6.45, 7) is 0. The Morgan fingerprint density at radius 1 is 0.344 bits per heavy atom. The van der Waals surface area contributed by atoms with Crippen LogP contribution in [0, 0.1) is 0 Å². The number of anilines is 3. The molecule has 1 atom stereocenters. The van der Waals surface area contributed by atoms with Crippen LogP contribution in [0.5, 0.6) is 0 Å². The third-order valence-electron chi connectivity index (χ3n) is 13.8. The molecule has 2 aliphatic rings. The predicted molar refractivity (Wildman–Crippen MR) is 264 cm³/mol. The molecule has 1 unspecified atom stereocenters. The van der Waals surface area contributed by atoms with Crippen molar-refractivity contribution in [1.82, 2.24) is 0 Å². The summed E-state index contributed by atoms with van der Waals surface area (Å²) in [5.41, 5.74) is 21.0. The fourth-order valence-electron chi connectivity index (χ4n) is 11.1. The van der Waals surface area contributed by atoms with Crippen molar-refractivity contribution in [2.75, 3.05) is 4.90 Å². The van der Waals surface area contributed by atoms with Crippen LogP contribution in [0.1, 0.15) is 44.9 Å². The minimum Gasteiger partial charge on any atom is -0.456 e. The van der Waals surface area contributed by atoms with Gasteiger partial charge in [-0.1, -0.05) is 188 Å². The van der Waals surface area contributed by atoms with Crippen LogP contribution in [0.3, 0.4) is 0 Å². The molecule has 64 heavy (non-hydrogen) atoms. The first-order valence-electron chi connectivity index (χ1n) is 22.2. The summed E-state index contributed by atoms with van der Waals surface area (Å²) in [5, 5.41) is 2.20. The van der Waals surface area contributed by atoms with Crippen molar-refractivity contribution >= 4 is 39.0 Å². The van der Waals surface area contributed by atoms with Gasteiger partial charge in [0.15, 0.2) is 0 Å².